The molecule has 0 aromatic heterocycles. The molecule has 2 bridgehead atoms. The molecule has 0 saturated heterocycles. The summed E-state index contributed by atoms with van der Waals surface area (Å²) in [6, 6.07) is 18.7. The van der Waals surface area contributed by atoms with E-state index in [1.807, 2.05) is 6.92 Å². The highest BCUT2D eigenvalue weighted by Crippen LogP contribution is 2.31. The van der Waals surface area contributed by atoms with E-state index in [4.69, 9.17) is 10.4 Å². The van der Waals surface area contributed by atoms with Gasteiger partial charge in [-0.1, -0.05) is 92.3 Å². The van der Waals surface area contributed by atoms with E-state index in [2.05, 4.69) is 131 Å². The quantitative estimate of drug-likeness (QED) is 0.314. The van der Waals surface area contributed by atoms with Crippen LogP contribution in [-0.4, -0.2) is 17.6 Å². The number of aliphatic imine (C=N–C) groups is 1. The highest BCUT2D eigenvalue weighted by Gasteiger charge is 2.28. The minimum Gasteiger partial charge on any atom is -0.358 e. The van der Waals surface area contributed by atoms with Gasteiger partial charge in [-0.15, -0.1) is 0 Å². The Kier molecular flexibility index (Phi) is 9.21. The first-order valence-electron chi connectivity index (χ1n) is 14.1. The van der Waals surface area contributed by atoms with Gasteiger partial charge in [-0.05, 0) is 80.5 Å². The molecule has 0 fully saturated rings. The molecule has 1 unspecified atom stereocenters. The fraction of sp³-hybridized carbons (Fsp3) is 0.278. The molecule has 0 spiro atoms. The summed E-state index contributed by atoms with van der Waals surface area (Å²) < 4.78 is 0. The van der Waals surface area contributed by atoms with Gasteiger partial charge in [-0.25, -0.2) is 0 Å². The Hall–Kier alpha value is -4.18. The SMILES string of the molecule is C=C1/C2=C/C=C(/C)CC(=C(Cc3ccccc3)Nc3ccccc3C)C=CC(=NC1/C(C(C)=N)=C(\C)C(C)C)N2. The highest BCUT2D eigenvalue weighted by atomic mass is 15.1. The molecule has 4 rings (SSSR count). The first-order chi connectivity index (χ1) is 19.1. The third-order valence-electron chi connectivity index (χ3n) is 7.66. The molecule has 0 saturated carbocycles. The van der Waals surface area contributed by atoms with Crippen molar-refractivity contribution in [2.45, 2.75) is 60.4 Å². The number of rotatable bonds is 7. The average molecular weight is 531 g/mol. The van der Waals surface area contributed by atoms with Gasteiger partial charge in [-0.2, -0.15) is 0 Å². The van der Waals surface area contributed by atoms with Gasteiger partial charge in [0.1, 0.15) is 11.9 Å². The zero-order valence-corrected chi connectivity index (χ0v) is 24.7. The molecule has 0 amide bonds. The van der Waals surface area contributed by atoms with Gasteiger partial charge >= 0.3 is 0 Å². The van der Waals surface area contributed by atoms with Crippen LogP contribution in [0.15, 0.2) is 130 Å². The summed E-state index contributed by atoms with van der Waals surface area (Å²) in [4.78, 5) is 5.09. The predicted molar refractivity (Wildman–Crippen MR) is 172 cm³/mol. The molecule has 2 aliphatic heterocycles. The summed E-state index contributed by atoms with van der Waals surface area (Å²) >= 11 is 0. The van der Waals surface area contributed by atoms with Crippen molar-refractivity contribution in [3.05, 3.63) is 136 Å². The number of fused-ring (bicyclic) bond motifs is 2. The number of aryl methyl sites for hydroxylation is 1. The van der Waals surface area contributed by atoms with Gasteiger partial charge in [0.05, 0.1) is 0 Å². The molecular weight excluding hydrogens is 488 g/mol. The Labute approximate surface area is 240 Å². The number of nitrogens with one attached hydrogen (secondary N) is 3. The second kappa shape index (κ2) is 12.8. The van der Waals surface area contributed by atoms with E-state index in [1.165, 1.54) is 33.5 Å². The van der Waals surface area contributed by atoms with E-state index in [0.717, 1.165) is 41.2 Å². The second-order valence-electron chi connectivity index (χ2n) is 11.2. The molecule has 1 atom stereocenters. The Morgan fingerprint density at radius 2 is 1.73 bits per heavy atom. The Morgan fingerprint density at radius 1 is 1.02 bits per heavy atom. The molecule has 206 valence electrons. The number of nitrogens with zero attached hydrogens (tertiary/aromatic N) is 1. The molecule has 4 nitrogen and oxygen atoms in total. The van der Waals surface area contributed by atoms with Gasteiger partial charge in [0.25, 0.3) is 0 Å². The second-order valence-corrected chi connectivity index (χ2v) is 11.2. The molecule has 2 aliphatic rings. The number of benzene rings is 2. The number of anilines is 1. The van der Waals surface area contributed by atoms with Crippen molar-refractivity contribution in [1.29, 1.82) is 5.41 Å². The molecular formula is C36H42N4. The molecule has 2 aromatic carbocycles. The van der Waals surface area contributed by atoms with E-state index < -0.39 is 0 Å². The lowest BCUT2D eigenvalue weighted by Gasteiger charge is -2.30. The van der Waals surface area contributed by atoms with Crippen LogP contribution in [0.4, 0.5) is 5.69 Å². The van der Waals surface area contributed by atoms with Crippen molar-refractivity contribution in [2.75, 3.05) is 5.32 Å². The number of hydrogen-bond donors (Lipinski definition) is 3. The van der Waals surface area contributed by atoms with E-state index in [9.17, 15) is 0 Å². The summed E-state index contributed by atoms with van der Waals surface area (Å²) in [7, 11) is 0. The average Bonchev–Trinajstić information content (AvgIpc) is 2.92. The maximum Gasteiger partial charge on any atom is 0.126 e. The minimum absolute atomic E-state index is 0.290. The maximum absolute atomic E-state index is 8.58. The lowest BCUT2D eigenvalue weighted by atomic mass is 9.86. The standard InChI is InChI=1S/C36H42N4/c1-23(2)26(5)35(28(7)37)36-27(6)32-19-17-24(3)21-30(18-20-34(39-32)40-36)33(22-29-14-9-8-10-15-29)38-31-16-12-11-13-25(31)4/h8-20,23,36-38H,6,21-22H2,1-5,7H3,(H,39,40)/b20-18?,24-17-,32-19-,33-30?,35-26+,37-28?. The molecule has 0 radical (unpaired) electrons. The molecule has 2 heterocycles. The van der Waals surface area contributed by atoms with Crippen LogP contribution in [0.5, 0.6) is 0 Å². The van der Waals surface area contributed by atoms with Crippen molar-refractivity contribution in [3.63, 3.8) is 0 Å². The fourth-order valence-corrected chi connectivity index (χ4v) is 5.06. The molecule has 3 N–H and O–H groups in total. The summed E-state index contributed by atoms with van der Waals surface area (Å²) in [5.41, 5.74) is 11.7. The zero-order valence-electron chi connectivity index (χ0n) is 24.7. The van der Waals surface area contributed by atoms with Crippen molar-refractivity contribution in [3.8, 4) is 0 Å². The molecule has 0 aliphatic carbocycles. The van der Waals surface area contributed by atoms with Gasteiger partial charge in [0, 0.05) is 34.8 Å². The smallest absolute Gasteiger partial charge is 0.126 e. The first kappa shape index (κ1) is 28.8. The van der Waals surface area contributed by atoms with Crippen LogP contribution in [0.2, 0.25) is 0 Å². The van der Waals surface area contributed by atoms with Crippen LogP contribution in [0, 0.1) is 18.3 Å². The Morgan fingerprint density at radius 3 is 2.40 bits per heavy atom. The third kappa shape index (κ3) is 6.87. The monoisotopic (exact) mass is 530 g/mol. The first-order valence-corrected chi connectivity index (χ1v) is 14.1. The van der Waals surface area contributed by atoms with Crippen molar-refractivity contribution >= 4 is 17.2 Å². The van der Waals surface area contributed by atoms with Crippen LogP contribution in [-0.2, 0) is 6.42 Å². The number of hydrogen-bond acceptors (Lipinski definition) is 4. The Bertz CT molecular complexity index is 1480. The number of allylic oxidation sites excluding steroid dienone is 7. The van der Waals surface area contributed by atoms with Crippen LogP contribution in [0.1, 0.15) is 52.2 Å². The van der Waals surface area contributed by atoms with Gasteiger partial charge < -0.3 is 16.0 Å². The summed E-state index contributed by atoms with van der Waals surface area (Å²) in [6.07, 6.45) is 10.2. The van der Waals surface area contributed by atoms with E-state index >= 15 is 0 Å². The molecule has 2 aromatic rings. The van der Waals surface area contributed by atoms with Crippen LogP contribution in [0.3, 0.4) is 0 Å². The van der Waals surface area contributed by atoms with Crippen molar-refractivity contribution in [1.82, 2.24) is 5.32 Å². The highest BCUT2D eigenvalue weighted by molar-refractivity contribution is 6.02. The fourth-order valence-electron chi connectivity index (χ4n) is 5.06. The lowest BCUT2D eigenvalue weighted by molar-refractivity contribution is 0.739. The maximum atomic E-state index is 8.58. The van der Waals surface area contributed by atoms with Crippen LogP contribution >= 0.6 is 0 Å². The molecule has 4 heteroatoms. The van der Waals surface area contributed by atoms with E-state index in [0.29, 0.717) is 11.6 Å². The predicted octanol–water partition coefficient (Wildman–Crippen LogP) is 8.63. The largest absolute Gasteiger partial charge is 0.358 e. The van der Waals surface area contributed by atoms with Crippen molar-refractivity contribution in [2.24, 2.45) is 10.9 Å². The van der Waals surface area contributed by atoms with Gasteiger partial charge in [-0.3, -0.25) is 4.99 Å². The van der Waals surface area contributed by atoms with Crippen LogP contribution in [0.25, 0.3) is 0 Å². The molecule has 40 heavy (non-hydrogen) atoms. The van der Waals surface area contributed by atoms with E-state index in [-0.39, 0.29) is 6.04 Å². The summed E-state index contributed by atoms with van der Waals surface area (Å²) in [5.74, 6) is 1.10. The lowest BCUT2D eigenvalue weighted by Crippen LogP contribution is -2.35. The third-order valence-corrected chi connectivity index (χ3v) is 7.66. The topological polar surface area (TPSA) is 60.3 Å². The number of para-hydroxylation sites is 1. The summed E-state index contributed by atoms with van der Waals surface area (Å²) in [5, 5.41) is 15.9. The Balaban J connectivity index is 1.85. The van der Waals surface area contributed by atoms with Gasteiger partial charge in [0.2, 0.25) is 0 Å². The van der Waals surface area contributed by atoms with Gasteiger partial charge in [0.15, 0.2) is 0 Å². The minimum atomic E-state index is -0.290. The normalized spacial score (nSPS) is 21.7. The van der Waals surface area contributed by atoms with Crippen LogP contribution < -0.4 is 10.6 Å². The van der Waals surface area contributed by atoms with Crippen molar-refractivity contribution < 1.29 is 0 Å². The number of amidine groups is 1. The van der Waals surface area contributed by atoms with E-state index in [1.54, 1.807) is 0 Å². The summed E-state index contributed by atoms with van der Waals surface area (Å²) in [6.45, 7) is 17.0. The zero-order chi connectivity index (χ0) is 28.8.